The molecule has 1 aromatic heterocycles. The Kier molecular flexibility index (Phi) is 3.57. The van der Waals surface area contributed by atoms with Crippen LogP contribution in [0.4, 0.5) is 4.39 Å². The van der Waals surface area contributed by atoms with Gasteiger partial charge in [0.05, 0.1) is 16.7 Å². The molecule has 90 valence electrons. The first-order valence-electron chi connectivity index (χ1n) is 5.44. The molecule has 1 aromatic carbocycles. The van der Waals surface area contributed by atoms with Gasteiger partial charge in [-0.1, -0.05) is 34.1 Å². The van der Waals surface area contributed by atoms with Crippen LogP contribution >= 0.6 is 15.9 Å². The minimum absolute atomic E-state index is 0.157. The summed E-state index contributed by atoms with van der Waals surface area (Å²) in [5, 5.41) is 7.97. The predicted octanol–water partition coefficient (Wildman–Crippen LogP) is 3.56. The number of alkyl halides is 1. The van der Waals surface area contributed by atoms with Gasteiger partial charge < -0.3 is 0 Å². The summed E-state index contributed by atoms with van der Waals surface area (Å²) in [5.41, 5.74) is 2.12. The van der Waals surface area contributed by atoms with Crippen molar-refractivity contribution in [3.63, 3.8) is 0 Å². The van der Waals surface area contributed by atoms with Crippen molar-refractivity contribution >= 4 is 15.9 Å². The van der Waals surface area contributed by atoms with Gasteiger partial charge in [0.2, 0.25) is 0 Å². The molecule has 0 saturated carbocycles. The summed E-state index contributed by atoms with van der Waals surface area (Å²) in [5.74, 6) is -0.288. The average Bonchev–Trinajstić information content (AvgIpc) is 2.77. The van der Waals surface area contributed by atoms with Crippen molar-refractivity contribution in [3.05, 3.63) is 41.5 Å². The van der Waals surface area contributed by atoms with Crippen molar-refractivity contribution in [1.29, 1.82) is 0 Å². The summed E-state index contributed by atoms with van der Waals surface area (Å²) in [6, 6.07) is 5.05. The second kappa shape index (κ2) is 4.96. The van der Waals surface area contributed by atoms with Crippen molar-refractivity contribution < 1.29 is 4.39 Å². The number of rotatable bonds is 3. The first-order valence-corrected chi connectivity index (χ1v) is 6.36. The van der Waals surface area contributed by atoms with E-state index in [9.17, 15) is 4.39 Å². The van der Waals surface area contributed by atoms with Crippen LogP contribution in [-0.2, 0) is 0 Å². The highest BCUT2D eigenvalue weighted by Gasteiger charge is 2.12. The minimum Gasteiger partial charge on any atom is -0.217 e. The standard InChI is InChI=1S/C12H13BrFN3/c1-3-9(13)11-7-17(16-15-11)12-5-4-8(2)6-10(12)14/h4-7,9H,3H2,1-2H3. The molecule has 0 spiro atoms. The van der Waals surface area contributed by atoms with E-state index in [0.717, 1.165) is 17.7 Å². The number of hydrogen-bond donors (Lipinski definition) is 0. The molecule has 0 N–H and O–H groups in total. The molecule has 1 atom stereocenters. The summed E-state index contributed by atoms with van der Waals surface area (Å²) in [6.07, 6.45) is 2.66. The van der Waals surface area contributed by atoms with Crippen molar-refractivity contribution in [1.82, 2.24) is 15.0 Å². The lowest BCUT2D eigenvalue weighted by atomic mass is 10.2. The molecule has 17 heavy (non-hydrogen) atoms. The highest BCUT2D eigenvalue weighted by Crippen LogP contribution is 2.24. The molecule has 0 fully saturated rings. The van der Waals surface area contributed by atoms with Gasteiger partial charge in [-0.05, 0) is 31.0 Å². The first kappa shape index (κ1) is 12.2. The molecule has 1 unspecified atom stereocenters. The number of hydrogen-bond acceptors (Lipinski definition) is 2. The zero-order valence-corrected chi connectivity index (χ0v) is 11.3. The van der Waals surface area contributed by atoms with Gasteiger partial charge in [-0.2, -0.15) is 0 Å². The van der Waals surface area contributed by atoms with E-state index in [4.69, 9.17) is 0 Å². The van der Waals surface area contributed by atoms with Crippen LogP contribution in [0, 0.1) is 12.7 Å². The molecule has 3 nitrogen and oxygen atoms in total. The fraction of sp³-hybridized carbons (Fsp3) is 0.333. The van der Waals surface area contributed by atoms with Crippen LogP contribution in [0.2, 0.25) is 0 Å². The zero-order valence-electron chi connectivity index (χ0n) is 9.69. The van der Waals surface area contributed by atoms with E-state index >= 15 is 0 Å². The second-order valence-electron chi connectivity index (χ2n) is 3.92. The smallest absolute Gasteiger partial charge is 0.149 e. The fourth-order valence-electron chi connectivity index (χ4n) is 1.54. The van der Waals surface area contributed by atoms with Gasteiger partial charge in [0.1, 0.15) is 11.5 Å². The van der Waals surface area contributed by atoms with Crippen LogP contribution in [-0.4, -0.2) is 15.0 Å². The molecule has 1 heterocycles. The van der Waals surface area contributed by atoms with Gasteiger partial charge in [0, 0.05) is 0 Å². The zero-order chi connectivity index (χ0) is 12.4. The molecule has 0 bridgehead atoms. The van der Waals surface area contributed by atoms with Gasteiger partial charge in [0.25, 0.3) is 0 Å². The van der Waals surface area contributed by atoms with Gasteiger partial charge in [-0.25, -0.2) is 9.07 Å². The van der Waals surface area contributed by atoms with Crippen molar-refractivity contribution in [3.8, 4) is 5.69 Å². The van der Waals surface area contributed by atoms with Crippen molar-refractivity contribution in [2.24, 2.45) is 0 Å². The Morgan fingerprint density at radius 1 is 1.47 bits per heavy atom. The number of nitrogens with zero attached hydrogens (tertiary/aromatic N) is 3. The van der Waals surface area contributed by atoms with Crippen LogP contribution in [0.1, 0.15) is 29.4 Å². The molecule has 0 aliphatic rings. The molecular formula is C12H13BrFN3. The summed E-state index contributed by atoms with van der Waals surface area (Å²) in [4.78, 5) is 0.157. The third-order valence-electron chi connectivity index (χ3n) is 2.54. The Morgan fingerprint density at radius 3 is 2.88 bits per heavy atom. The third-order valence-corrected chi connectivity index (χ3v) is 3.66. The van der Waals surface area contributed by atoms with Crippen LogP contribution in [0.3, 0.4) is 0 Å². The van der Waals surface area contributed by atoms with Crippen LogP contribution in [0.25, 0.3) is 5.69 Å². The summed E-state index contributed by atoms with van der Waals surface area (Å²) < 4.78 is 15.2. The van der Waals surface area contributed by atoms with Gasteiger partial charge >= 0.3 is 0 Å². The van der Waals surface area contributed by atoms with Gasteiger partial charge in [0.15, 0.2) is 0 Å². The molecular weight excluding hydrogens is 285 g/mol. The lowest BCUT2D eigenvalue weighted by Gasteiger charge is -2.03. The van der Waals surface area contributed by atoms with E-state index in [2.05, 4.69) is 26.2 Å². The number of aryl methyl sites for hydroxylation is 1. The average molecular weight is 298 g/mol. The number of aromatic nitrogens is 3. The topological polar surface area (TPSA) is 30.7 Å². The lowest BCUT2D eigenvalue weighted by molar-refractivity contribution is 0.606. The highest BCUT2D eigenvalue weighted by atomic mass is 79.9. The van der Waals surface area contributed by atoms with Crippen molar-refractivity contribution in [2.75, 3.05) is 0 Å². The molecule has 0 amide bonds. The van der Waals surface area contributed by atoms with Gasteiger partial charge in [-0.15, -0.1) is 5.10 Å². The summed E-state index contributed by atoms with van der Waals surface area (Å²) >= 11 is 3.49. The summed E-state index contributed by atoms with van der Waals surface area (Å²) in [6.45, 7) is 3.90. The van der Waals surface area contributed by atoms with E-state index in [1.165, 1.54) is 10.7 Å². The molecule has 0 saturated heterocycles. The molecule has 0 radical (unpaired) electrons. The number of benzene rings is 1. The monoisotopic (exact) mass is 297 g/mol. The Labute approximate surface area is 108 Å². The minimum atomic E-state index is -0.288. The van der Waals surface area contributed by atoms with E-state index in [1.807, 2.05) is 19.9 Å². The summed E-state index contributed by atoms with van der Waals surface area (Å²) in [7, 11) is 0. The van der Waals surface area contributed by atoms with Crippen LogP contribution in [0.5, 0.6) is 0 Å². The predicted molar refractivity (Wildman–Crippen MR) is 68.0 cm³/mol. The third kappa shape index (κ3) is 2.54. The maximum Gasteiger partial charge on any atom is 0.149 e. The Hall–Kier alpha value is -1.23. The van der Waals surface area contributed by atoms with E-state index in [1.54, 1.807) is 12.3 Å². The lowest BCUT2D eigenvalue weighted by Crippen LogP contribution is -1.98. The second-order valence-corrected chi connectivity index (χ2v) is 5.02. The fourth-order valence-corrected chi connectivity index (χ4v) is 1.75. The van der Waals surface area contributed by atoms with E-state index in [0.29, 0.717) is 5.69 Å². The van der Waals surface area contributed by atoms with Crippen LogP contribution < -0.4 is 0 Å². The van der Waals surface area contributed by atoms with Crippen molar-refractivity contribution in [2.45, 2.75) is 25.1 Å². The molecule has 2 aromatic rings. The first-order chi connectivity index (χ1) is 8.11. The number of halogens is 2. The largest absolute Gasteiger partial charge is 0.217 e. The van der Waals surface area contributed by atoms with Crippen LogP contribution in [0.15, 0.2) is 24.4 Å². The molecule has 0 aliphatic carbocycles. The SMILES string of the molecule is CCC(Br)c1cn(-c2ccc(C)cc2F)nn1. The maximum absolute atomic E-state index is 13.7. The Bertz CT molecular complexity index is 524. The van der Waals surface area contributed by atoms with E-state index < -0.39 is 0 Å². The quantitative estimate of drug-likeness (QED) is 0.811. The molecule has 5 heteroatoms. The Balaban J connectivity index is 2.37. The van der Waals surface area contributed by atoms with E-state index in [-0.39, 0.29) is 10.6 Å². The Morgan fingerprint density at radius 2 is 2.24 bits per heavy atom. The molecule has 0 aliphatic heterocycles. The highest BCUT2D eigenvalue weighted by molar-refractivity contribution is 9.09. The molecule has 2 rings (SSSR count). The maximum atomic E-state index is 13.7. The van der Waals surface area contributed by atoms with Gasteiger partial charge in [-0.3, -0.25) is 0 Å². The normalized spacial score (nSPS) is 12.7.